The van der Waals surface area contributed by atoms with Crippen molar-refractivity contribution in [1.82, 2.24) is 5.32 Å². The molecule has 1 aromatic rings. The smallest absolute Gasteiger partial charge is 0.000846 e. The molecule has 0 atom stereocenters. The molecule has 0 spiro atoms. The number of hydrogen-bond acceptors (Lipinski definition) is 1. The van der Waals surface area contributed by atoms with Crippen molar-refractivity contribution in [2.24, 2.45) is 0 Å². The molecule has 0 radical (unpaired) electrons. The van der Waals surface area contributed by atoms with Gasteiger partial charge in [0.25, 0.3) is 0 Å². The Morgan fingerprint density at radius 3 is 3.00 bits per heavy atom. The van der Waals surface area contributed by atoms with Crippen LogP contribution in [-0.4, -0.2) is 13.1 Å². The van der Waals surface area contributed by atoms with E-state index in [9.17, 15) is 0 Å². The maximum Gasteiger partial charge on any atom is -0.000846 e. The van der Waals surface area contributed by atoms with E-state index in [0.717, 1.165) is 19.5 Å². The third-order valence-corrected chi connectivity index (χ3v) is 2.03. The van der Waals surface area contributed by atoms with Crippen molar-refractivity contribution in [1.29, 1.82) is 0 Å². The van der Waals surface area contributed by atoms with Gasteiger partial charge in [0.15, 0.2) is 0 Å². The fraction of sp³-hybridized carbons (Fsp3) is 0.333. The zero-order valence-corrected chi connectivity index (χ0v) is 8.22. The Morgan fingerprint density at radius 1 is 1.46 bits per heavy atom. The van der Waals surface area contributed by atoms with Crippen molar-refractivity contribution in [3.05, 3.63) is 42.0 Å². The zero-order valence-electron chi connectivity index (χ0n) is 8.22. The van der Waals surface area contributed by atoms with Crippen LogP contribution in [0.5, 0.6) is 0 Å². The van der Waals surface area contributed by atoms with Gasteiger partial charge in [-0.1, -0.05) is 43.8 Å². The van der Waals surface area contributed by atoms with E-state index in [1.807, 2.05) is 6.08 Å². The summed E-state index contributed by atoms with van der Waals surface area (Å²) in [6, 6.07) is 8.50. The van der Waals surface area contributed by atoms with Crippen molar-refractivity contribution < 1.29 is 0 Å². The molecule has 0 unspecified atom stereocenters. The average Bonchev–Trinajstić information content (AvgIpc) is 2.19. The Balaban J connectivity index is 2.51. The standard InChI is InChI=1S/C12H17N/c1-3-11-6-5-7-12(10-11)8-9-13-4-2/h3,5-7,10,13H,1,4,8-9H2,2H3. The van der Waals surface area contributed by atoms with Crippen molar-refractivity contribution >= 4 is 6.08 Å². The van der Waals surface area contributed by atoms with Crippen LogP contribution in [0.2, 0.25) is 0 Å². The van der Waals surface area contributed by atoms with Crippen LogP contribution < -0.4 is 5.32 Å². The molecule has 70 valence electrons. The monoisotopic (exact) mass is 175 g/mol. The summed E-state index contributed by atoms with van der Waals surface area (Å²) >= 11 is 0. The van der Waals surface area contributed by atoms with E-state index in [2.05, 4.69) is 43.1 Å². The van der Waals surface area contributed by atoms with Gasteiger partial charge in [-0.05, 0) is 30.6 Å². The number of likely N-dealkylation sites (N-methyl/N-ethyl adjacent to an activating group) is 1. The molecule has 1 heteroatoms. The summed E-state index contributed by atoms with van der Waals surface area (Å²) in [5.74, 6) is 0. The highest BCUT2D eigenvalue weighted by molar-refractivity contribution is 5.47. The van der Waals surface area contributed by atoms with Crippen LogP contribution in [0.1, 0.15) is 18.1 Å². The van der Waals surface area contributed by atoms with Crippen LogP contribution >= 0.6 is 0 Å². The summed E-state index contributed by atoms with van der Waals surface area (Å²) in [6.45, 7) is 7.97. The molecule has 0 aliphatic heterocycles. The minimum absolute atomic E-state index is 1.04. The van der Waals surface area contributed by atoms with Crippen molar-refractivity contribution in [2.75, 3.05) is 13.1 Å². The molecular weight excluding hydrogens is 158 g/mol. The predicted molar refractivity (Wildman–Crippen MR) is 58.8 cm³/mol. The second-order valence-electron chi connectivity index (χ2n) is 3.05. The van der Waals surface area contributed by atoms with Gasteiger partial charge in [-0.25, -0.2) is 0 Å². The van der Waals surface area contributed by atoms with Crippen LogP contribution in [0.3, 0.4) is 0 Å². The molecule has 0 fully saturated rings. The maximum absolute atomic E-state index is 3.75. The normalized spacial score (nSPS) is 9.92. The van der Waals surface area contributed by atoms with Gasteiger partial charge in [-0.2, -0.15) is 0 Å². The molecule has 0 aromatic heterocycles. The lowest BCUT2D eigenvalue weighted by Gasteiger charge is -2.02. The Labute approximate surface area is 80.5 Å². The minimum Gasteiger partial charge on any atom is -0.317 e. The van der Waals surface area contributed by atoms with E-state index in [-0.39, 0.29) is 0 Å². The van der Waals surface area contributed by atoms with E-state index in [1.165, 1.54) is 11.1 Å². The van der Waals surface area contributed by atoms with Gasteiger partial charge >= 0.3 is 0 Å². The van der Waals surface area contributed by atoms with Crippen LogP contribution in [0.25, 0.3) is 6.08 Å². The molecule has 1 aromatic carbocycles. The molecule has 1 N–H and O–H groups in total. The second kappa shape index (κ2) is 5.55. The van der Waals surface area contributed by atoms with Crippen molar-refractivity contribution in [3.63, 3.8) is 0 Å². The summed E-state index contributed by atoms with van der Waals surface area (Å²) < 4.78 is 0. The lowest BCUT2D eigenvalue weighted by atomic mass is 10.1. The van der Waals surface area contributed by atoms with Crippen LogP contribution in [0.15, 0.2) is 30.8 Å². The van der Waals surface area contributed by atoms with Gasteiger partial charge < -0.3 is 5.32 Å². The molecule has 13 heavy (non-hydrogen) atoms. The SMILES string of the molecule is C=Cc1cccc(CCNCC)c1. The van der Waals surface area contributed by atoms with E-state index in [1.54, 1.807) is 0 Å². The van der Waals surface area contributed by atoms with Crippen molar-refractivity contribution in [3.8, 4) is 0 Å². The minimum atomic E-state index is 1.04. The van der Waals surface area contributed by atoms with Gasteiger partial charge in [-0.3, -0.25) is 0 Å². The molecular formula is C12H17N. The molecule has 0 heterocycles. The molecule has 1 nitrogen and oxygen atoms in total. The first kappa shape index (κ1) is 10.0. The van der Waals surface area contributed by atoms with Crippen LogP contribution in [-0.2, 0) is 6.42 Å². The quantitative estimate of drug-likeness (QED) is 0.678. The lowest BCUT2D eigenvalue weighted by molar-refractivity contribution is 0.716. The summed E-state index contributed by atoms with van der Waals surface area (Å²) in [5.41, 5.74) is 2.58. The van der Waals surface area contributed by atoms with Gasteiger partial charge in [0.1, 0.15) is 0 Å². The van der Waals surface area contributed by atoms with Crippen molar-refractivity contribution in [2.45, 2.75) is 13.3 Å². The highest BCUT2D eigenvalue weighted by Gasteiger charge is 1.92. The highest BCUT2D eigenvalue weighted by Crippen LogP contribution is 2.06. The molecule has 0 aliphatic rings. The van der Waals surface area contributed by atoms with E-state index in [4.69, 9.17) is 0 Å². The fourth-order valence-electron chi connectivity index (χ4n) is 1.29. The van der Waals surface area contributed by atoms with Crippen LogP contribution in [0, 0.1) is 0 Å². The van der Waals surface area contributed by atoms with Gasteiger partial charge in [0, 0.05) is 0 Å². The summed E-state index contributed by atoms with van der Waals surface area (Å²) in [4.78, 5) is 0. The topological polar surface area (TPSA) is 12.0 Å². The Bertz CT molecular complexity index is 266. The number of rotatable bonds is 5. The summed E-state index contributed by atoms with van der Waals surface area (Å²) in [5, 5.41) is 3.31. The highest BCUT2D eigenvalue weighted by atomic mass is 14.8. The largest absolute Gasteiger partial charge is 0.317 e. The third kappa shape index (κ3) is 3.43. The zero-order chi connectivity index (χ0) is 9.52. The Hall–Kier alpha value is -1.08. The molecule has 0 bridgehead atoms. The van der Waals surface area contributed by atoms with E-state index in [0.29, 0.717) is 0 Å². The number of benzene rings is 1. The first-order chi connectivity index (χ1) is 6.36. The average molecular weight is 175 g/mol. The maximum atomic E-state index is 3.75. The van der Waals surface area contributed by atoms with Gasteiger partial charge in [0.05, 0.1) is 0 Å². The predicted octanol–water partition coefficient (Wildman–Crippen LogP) is 2.48. The first-order valence-corrected chi connectivity index (χ1v) is 4.79. The number of hydrogen-bond donors (Lipinski definition) is 1. The van der Waals surface area contributed by atoms with E-state index >= 15 is 0 Å². The summed E-state index contributed by atoms with van der Waals surface area (Å²) in [6.07, 6.45) is 2.98. The molecule has 0 saturated heterocycles. The van der Waals surface area contributed by atoms with Crippen LogP contribution in [0.4, 0.5) is 0 Å². The second-order valence-corrected chi connectivity index (χ2v) is 3.05. The van der Waals surface area contributed by atoms with Gasteiger partial charge in [-0.15, -0.1) is 0 Å². The molecule has 0 saturated carbocycles. The summed E-state index contributed by atoms with van der Waals surface area (Å²) in [7, 11) is 0. The molecule has 1 rings (SSSR count). The first-order valence-electron chi connectivity index (χ1n) is 4.79. The Kier molecular flexibility index (Phi) is 4.27. The fourth-order valence-corrected chi connectivity index (χ4v) is 1.29. The van der Waals surface area contributed by atoms with E-state index < -0.39 is 0 Å². The number of nitrogens with one attached hydrogen (secondary N) is 1. The molecule has 0 aliphatic carbocycles. The Morgan fingerprint density at radius 2 is 2.31 bits per heavy atom. The van der Waals surface area contributed by atoms with Gasteiger partial charge in [0.2, 0.25) is 0 Å². The molecule has 0 amide bonds. The third-order valence-electron chi connectivity index (χ3n) is 2.03. The lowest BCUT2D eigenvalue weighted by Crippen LogP contribution is -2.15.